The molecule has 2 aliphatic rings. The summed E-state index contributed by atoms with van der Waals surface area (Å²) < 4.78 is 0. The molecule has 2 fully saturated rings. The van der Waals surface area contributed by atoms with Crippen LogP contribution in [0.4, 0.5) is 0 Å². The van der Waals surface area contributed by atoms with Gasteiger partial charge in [-0.3, -0.25) is 0 Å². The van der Waals surface area contributed by atoms with Gasteiger partial charge in [-0.25, -0.2) is 0 Å². The summed E-state index contributed by atoms with van der Waals surface area (Å²) in [7, 11) is 0. The molecule has 0 aromatic rings. The molecule has 1 unspecified atom stereocenters. The number of fused-ring (bicyclic) bond motifs is 1. The number of hydrogen-bond acceptors (Lipinski definition) is 1. The molecule has 0 radical (unpaired) electrons. The van der Waals surface area contributed by atoms with E-state index < -0.39 is 0 Å². The van der Waals surface area contributed by atoms with Crippen molar-refractivity contribution in [3.05, 3.63) is 0 Å². The lowest BCUT2D eigenvalue weighted by atomic mass is 10.0. The van der Waals surface area contributed by atoms with Gasteiger partial charge in [0.25, 0.3) is 0 Å². The lowest BCUT2D eigenvalue weighted by Gasteiger charge is -2.02. The summed E-state index contributed by atoms with van der Waals surface area (Å²) >= 11 is 0. The van der Waals surface area contributed by atoms with E-state index in [1.807, 2.05) is 0 Å². The maximum absolute atomic E-state index is 3.43. The summed E-state index contributed by atoms with van der Waals surface area (Å²) in [5.74, 6) is 0. The van der Waals surface area contributed by atoms with Crippen molar-refractivity contribution < 1.29 is 0 Å². The monoisotopic (exact) mass is 97.1 g/mol. The molecule has 2 rings (SSSR count). The van der Waals surface area contributed by atoms with Gasteiger partial charge in [-0.15, -0.1) is 0 Å². The predicted molar refractivity (Wildman–Crippen MR) is 29.2 cm³/mol. The van der Waals surface area contributed by atoms with Crippen LogP contribution < -0.4 is 5.32 Å². The predicted octanol–water partition coefficient (Wildman–Crippen LogP) is 0.901. The Morgan fingerprint density at radius 3 is 2.00 bits per heavy atom. The lowest BCUT2D eigenvalue weighted by Crippen LogP contribution is -2.00. The summed E-state index contributed by atoms with van der Waals surface area (Å²) in [6.07, 6.45) is 5.83. The van der Waals surface area contributed by atoms with Crippen LogP contribution in [0.3, 0.4) is 0 Å². The van der Waals surface area contributed by atoms with E-state index in [1.54, 1.807) is 0 Å². The summed E-state index contributed by atoms with van der Waals surface area (Å²) in [5.41, 5.74) is 0. The molecule has 0 aromatic heterocycles. The molecular formula is C6H11N. The van der Waals surface area contributed by atoms with Crippen LogP contribution in [0.15, 0.2) is 0 Å². The first-order valence-electron chi connectivity index (χ1n) is 3.23. The van der Waals surface area contributed by atoms with Gasteiger partial charge in [-0.2, -0.15) is 0 Å². The normalized spacial score (nSPS) is 48.0. The highest BCUT2D eigenvalue weighted by molar-refractivity contribution is 4.99. The van der Waals surface area contributed by atoms with Gasteiger partial charge in [0.15, 0.2) is 0 Å². The maximum Gasteiger partial charge on any atom is 0.0224 e. The molecule has 1 nitrogen and oxygen atoms in total. The minimum Gasteiger partial charge on any atom is -0.308 e. The van der Waals surface area contributed by atoms with Crippen LogP contribution in [0.5, 0.6) is 0 Å². The SMILES string of the molecule is C1CC[C@H]2NC2C1. The second-order valence-corrected chi connectivity index (χ2v) is 2.66. The average Bonchev–Trinajstić information content (AvgIpc) is 2.41. The van der Waals surface area contributed by atoms with E-state index in [0.29, 0.717) is 0 Å². The minimum absolute atomic E-state index is 0.953. The summed E-state index contributed by atoms with van der Waals surface area (Å²) in [6, 6.07) is 1.91. The summed E-state index contributed by atoms with van der Waals surface area (Å²) in [4.78, 5) is 0. The van der Waals surface area contributed by atoms with Crippen LogP contribution >= 0.6 is 0 Å². The largest absolute Gasteiger partial charge is 0.308 e. The average molecular weight is 97.2 g/mol. The molecule has 7 heavy (non-hydrogen) atoms. The summed E-state index contributed by atoms with van der Waals surface area (Å²) in [6.45, 7) is 0. The Labute approximate surface area is 44.1 Å². The number of nitrogens with one attached hydrogen (secondary N) is 1. The highest BCUT2D eigenvalue weighted by Crippen LogP contribution is 2.28. The van der Waals surface area contributed by atoms with Crippen molar-refractivity contribution in [2.75, 3.05) is 0 Å². The van der Waals surface area contributed by atoms with Crippen LogP contribution in [-0.4, -0.2) is 12.1 Å². The van der Waals surface area contributed by atoms with Crippen LogP contribution in [0.2, 0.25) is 0 Å². The van der Waals surface area contributed by atoms with E-state index in [-0.39, 0.29) is 0 Å². The maximum atomic E-state index is 3.43. The molecule has 0 aromatic carbocycles. The first kappa shape index (κ1) is 3.90. The molecule has 1 aliphatic carbocycles. The standard InChI is InChI=1S/C6H11N/c1-2-4-6-5(3-1)7-6/h5-7H,1-4H2/t5-,6?/m1/s1. The third kappa shape index (κ3) is 0.556. The van der Waals surface area contributed by atoms with Crippen molar-refractivity contribution >= 4 is 0 Å². The van der Waals surface area contributed by atoms with Crippen molar-refractivity contribution in [2.24, 2.45) is 0 Å². The van der Waals surface area contributed by atoms with Gasteiger partial charge in [0.2, 0.25) is 0 Å². The van der Waals surface area contributed by atoms with E-state index in [9.17, 15) is 0 Å². The zero-order valence-electron chi connectivity index (χ0n) is 4.48. The van der Waals surface area contributed by atoms with Gasteiger partial charge in [-0.05, 0) is 12.8 Å². The first-order chi connectivity index (χ1) is 3.47. The molecule has 0 amide bonds. The first-order valence-corrected chi connectivity index (χ1v) is 3.23. The minimum atomic E-state index is 0.953. The Hall–Kier alpha value is -0.0400. The zero-order chi connectivity index (χ0) is 4.69. The molecule has 1 saturated heterocycles. The van der Waals surface area contributed by atoms with Gasteiger partial charge in [0.1, 0.15) is 0 Å². The lowest BCUT2D eigenvalue weighted by molar-refractivity contribution is 0.571. The molecular weight excluding hydrogens is 86.1 g/mol. The van der Waals surface area contributed by atoms with Crippen molar-refractivity contribution in [3.8, 4) is 0 Å². The molecule has 1 saturated carbocycles. The van der Waals surface area contributed by atoms with E-state index >= 15 is 0 Å². The second-order valence-electron chi connectivity index (χ2n) is 2.66. The van der Waals surface area contributed by atoms with Crippen molar-refractivity contribution in [1.82, 2.24) is 5.32 Å². The third-order valence-electron chi connectivity index (χ3n) is 2.08. The Balaban J connectivity index is 1.95. The van der Waals surface area contributed by atoms with Gasteiger partial charge in [0.05, 0.1) is 0 Å². The highest BCUT2D eigenvalue weighted by atomic mass is 15.1. The van der Waals surface area contributed by atoms with Gasteiger partial charge in [-0.1, -0.05) is 12.8 Å². The molecule has 1 heteroatoms. The van der Waals surface area contributed by atoms with Crippen LogP contribution in [0.1, 0.15) is 25.7 Å². The van der Waals surface area contributed by atoms with Gasteiger partial charge >= 0.3 is 0 Å². The molecule has 0 bridgehead atoms. The van der Waals surface area contributed by atoms with Gasteiger partial charge < -0.3 is 5.32 Å². The summed E-state index contributed by atoms with van der Waals surface area (Å²) in [5, 5.41) is 3.43. The molecule has 0 spiro atoms. The van der Waals surface area contributed by atoms with Crippen LogP contribution in [0.25, 0.3) is 0 Å². The van der Waals surface area contributed by atoms with Gasteiger partial charge in [0, 0.05) is 12.1 Å². The zero-order valence-corrected chi connectivity index (χ0v) is 4.48. The Morgan fingerprint density at radius 1 is 1.00 bits per heavy atom. The number of rotatable bonds is 0. The van der Waals surface area contributed by atoms with E-state index in [0.717, 1.165) is 12.1 Å². The topological polar surface area (TPSA) is 21.9 Å². The van der Waals surface area contributed by atoms with Crippen molar-refractivity contribution in [1.29, 1.82) is 0 Å². The second kappa shape index (κ2) is 1.22. The Morgan fingerprint density at radius 2 is 1.57 bits per heavy atom. The molecule has 40 valence electrons. The quantitative estimate of drug-likeness (QED) is 0.446. The van der Waals surface area contributed by atoms with Crippen LogP contribution in [0, 0.1) is 0 Å². The van der Waals surface area contributed by atoms with E-state index in [2.05, 4.69) is 5.32 Å². The Bertz CT molecular complexity index is 70.2. The fraction of sp³-hybridized carbons (Fsp3) is 1.00. The number of hydrogen-bond donors (Lipinski definition) is 1. The van der Waals surface area contributed by atoms with Crippen molar-refractivity contribution in [3.63, 3.8) is 0 Å². The molecule has 1 heterocycles. The fourth-order valence-corrected chi connectivity index (χ4v) is 1.52. The van der Waals surface area contributed by atoms with E-state index in [4.69, 9.17) is 0 Å². The molecule has 1 N–H and O–H groups in total. The third-order valence-corrected chi connectivity index (χ3v) is 2.08. The Kier molecular flexibility index (Phi) is 0.680. The highest BCUT2D eigenvalue weighted by Gasteiger charge is 2.37. The molecule has 2 atom stereocenters. The van der Waals surface area contributed by atoms with E-state index in [1.165, 1.54) is 25.7 Å². The molecule has 1 aliphatic heterocycles. The smallest absolute Gasteiger partial charge is 0.0224 e. The van der Waals surface area contributed by atoms with Crippen molar-refractivity contribution in [2.45, 2.75) is 37.8 Å². The van der Waals surface area contributed by atoms with Crippen LogP contribution in [-0.2, 0) is 0 Å². The fourth-order valence-electron chi connectivity index (χ4n) is 1.52.